The van der Waals surface area contributed by atoms with E-state index >= 15 is 0 Å². The van der Waals surface area contributed by atoms with Gasteiger partial charge in [0.15, 0.2) is 10.6 Å². The Balaban J connectivity index is 1.74. The molecule has 2 N–H and O–H groups in total. The quantitative estimate of drug-likeness (QED) is 0.496. The summed E-state index contributed by atoms with van der Waals surface area (Å²) in [5.74, 6) is -1.01. The molecule has 0 spiro atoms. The lowest BCUT2D eigenvalue weighted by atomic mass is 9.92. The first-order valence-electron chi connectivity index (χ1n) is 10.5. The number of hydrogen-bond acceptors (Lipinski definition) is 4. The molecule has 170 valence electrons. The van der Waals surface area contributed by atoms with Crippen LogP contribution < -0.4 is 5.32 Å². The van der Waals surface area contributed by atoms with Gasteiger partial charge in [-0.15, -0.1) is 0 Å². The number of rotatable bonds is 7. The number of carboxylic acids is 1. The first kappa shape index (κ1) is 24.0. The minimum Gasteiger partial charge on any atom is -0.479 e. The van der Waals surface area contributed by atoms with E-state index in [9.17, 15) is 14.7 Å². The molecule has 0 bridgehead atoms. The number of alkyl carbamates (subject to hydrolysis) is 1. The van der Waals surface area contributed by atoms with Gasteiger partial charge >= 0.3 is 12.1 Å². The number of carbonyl (C=O) groups excluding carboxylic acids is 1. The van der Waals surface area contributed by atoms with Gasteiger partial charge in [-0.3, -0.25) is 0 Å². The number of benzene rings is 2. The largest absolute Gasteiger partial charge is 0.479 e. The fourth-order valence-corrected chi connectivity index (χ4v) is 4.25. The van der Waals surface area contributed by atoms with E-state index in [1.54, 1.807) is 0 Å². The first-order valence-corrected chi connectivity index (χ1v) is 11.3. The van der Waals surface area contributed by atoms with Crippen molar-refractivity contribution in [1.29, 1.82) is 0 Å². The molecule has 3 rings (SSSR count). The Morgan fingerprint density at radius 3 is 2.53 bits per heavy atom. The van der Waals surface area contributed by atoms with Crippen molar-refractivity contribution >= 4 is 34.1 Å². The van der Waals surface area contributed by atoms with Crippen LogP contribution in [0.1, 0.15) is 49.4 Å². The van der Waals surface area contributed by atoms with Crippen LogP contribution in [0.25, 0.3) is 6.08 Å². The van der Waals surface area contributed by atoms with Gasteiger partial charge in [0.25, 0.3) is 0 Å². The molecule has 7 heteroatoms. The van der Waals surface area contributed by atoms with E-state index in [2.05, 4.69) is 21.2 Å². The molecule has 2 atom stereocenters. The zero-order valence-corrected chi connectivity index (χ0v) is 20.0. The van der Waals surface area contributed by atoms with E-state index < -0.39 is 28.3 Å². The van der Waals surface area contributed by atoms with E-state index in [0.29, 0.717) is 13.0 Å². The Kier molecular flexibility index (Phi) is 7.41. The van der Waals surface area contributed by atoms with Gasteiger partial charge in [-0.25, -0.2) is 9.59 Å². The SMILES string of the molecule is CC(C)(C)OC(=O)NCc1ccc2c(c1)C=CCC2(Br)OC(Cc1ccccc1)C(=O)O. The Labute approximate surface area is 196 Å². The number of nitrogens with one attached hydrogen (secondary N) is 1. The molecular formula is C25H28BrNO5. The lowest BCUT2D eigenvalue weighted by molar-refractivity contribution is -0.156. The van der Waals surface area contributed by atoms with Crippen molar-refractivity contribution in [3.63, 3.8) is 0 Å². The van der Waals surface area contributed by atoms with Crippen LogP contribution in [0.3, 0.4) is 0 Å². The molecule has 0 aromatic heterocycles. The van der Waals surface area contributed by atoms with E-state index in [0.717, 1.165) is 22.3 Å². The Morgan fingerprint density at radius 2 is 1.88 bits per heavy atom. The molecule has 1 amide bonds. The number of carboxylic acid groups (broad SMARTS) is 1. The summed E-state index contributed by atoms with van der Waals surface area (Å²) in [6, 6.07) is 15.2. The van der Waals surface area contributed by atoms with Crippen LogP contribution in [0.5, 0.6) is 0 Å². The maximum atomic E-state index is 11.9. The lowest BCUT2D eigenvalue weighted by Crippen LogP contribution is -2.36. The molecule has 0 saturated heterocycles. The molecule has 1 aliphatic carbocycles. The monoisotopic (exact) mass is 501 g/mol. The van der Waals surface area contributed by atoms with Crippen molar-refractivity contribution in [2.24, 2.45) is 0 Å². The topological polar surface area (TPSA) is 84.9 Å². The molecule has 0 fully saturated rings. The van der Waals surface area contributed by atoms with Crippen LogP contribution in [0.2, 0.25) is 0 Å². The molecule has 0 heterocycles. The summed E-state index contributed by atoms with van der Waals surface area (Å²) >= 11 is 3.67. The molecule has 32 heavy (non-hydrogen) atoms. The Bertz CT molecular complexity index is 999. The number of aliphatic carboxylic acids is 1. The van der Waals surface area contributed by atoms with Crippen molar-refractivity contribution in [1.82, 2.24) is 5.32 Å². The number of alkyl halides is 1. The van der Waals surface area contributed by atoms with Crippen LogP contribution in [0.4, 0.5) is 4.79 Å². The molecule has 2 aromatic rings. The number of fused-ring (bicyclic) bond motifs is 1. The molecule has 6 nitrogen and oxygen atoms in total. The standard InChI is InChI=1S/C25H28BrNO5/c1-24(2,3)32-23(30)27-16-18-11-12-20-19(14-18)10-7-13-25(20,26)31-21(22(28)29)15-17-8-5-4-6-9-17/h4-12,14,21H,13,15-16H2,1-3H3,(H,27,30)(H,28,29). The average molecular weight is 502 g/mol. The highest BCUT2D eigenvalue weighted by atomic mass is 79.9. The molecule has 1 aliphatic rings. The van der Waals surface area contributed by atoms with Crippen molar-refractivity contribution < 1.29 is 24.2 Å². The van der Waals surface area contributed by atoms with Gasteiger partial charge in [-0.1, -0.05) is 54.6 Å². The molecule has 0 radical (unpaired) electrons. The van der Waals surface area contributed by atoms with Crippen molar-refractivity contribution in [2.75, 3.05) is 0 Å². The molecular weight excluding hydrogens is 474 g/mol. The fraction of sp³-hybridized carbons (Fsp3) is 0.360. The molecule has 2 unspecified atom stereocenters. The summed E-state index contributed by atoms with van der Waals surface area (Å²) in [5.41, 5.74) is 2.98. The Morgan fingerprint density at radius 1 is 1.16 bits per heavy atom. The summed E-state index contributed by atoms with van der Waals surface area (Å²) in [6.07, 6.45) is 3.19. The van der Waals surface area contributed by atoms with Crippen LogP contribution in [-0.2, 0) is 31.7 Å². The highest BCUT2D eigenvalue weighted by Crippen LogP contribution is 2.43. The number of carbonyl (C=O) groups is 2. The number of ether oxygens (including phenoxy) is 2. The highest BCUT2D eigenvalue weighted by molar-refractivity contribution is 9.09. The van der Waals surface area contributed by atoms with Gasteiger partial charge in [0.1, 0.15) is 5.60 Å². The number of hydrogen-bond donors (Lipinski definition) is 2. The van der Waals surface area contributed by atoms with Crippen molar-refractivity contribution in [3.8, 4) is 0 Å². The summed E-state index contributed by atoms with van der Waals surface area (Å²) in [7, 11) is 0. The predicted octanol–water partition coefficient (Wildman–Crippen LogP) is 5.39. The fourth-order valence-electron chi connectivity index (χ4n) is 3.48. The second-order valence-corrected chi connectivity index (χ2v) is 10.0. The maximum Gasteiger partial charge on any atom is 0.407 e. The minimum atomic E-state index is -1.01. The third-order valence-corrected chi connectivity index (χ3v) is 5.84. The van der Waals surface area contributed by atoms with Gasteiger partial charge in [-0.05, 0) is 59.5 Å². The summed E-state index contributed by atoms with van der Waals surface area (Å²) in [4.78, 5) is 23.8. The molecule has 2 aromatic carbocycles. The summed E-state index contributed by atoms with van der Waals surface area (Å²) < 4.78 is 10.5. The van der Waals surface area contributed by atoms with Gasteiger partial charge in [0.2, 0.25) is 0 Å². The van der Waals surface area contributed by atoms with Gasteiger partial charge in [0, 0.05) is 24.9 Å². The van der Waals surface area contributed by atoms with Crippen molar-refractivity contribution in [2.45, 2.75) is 56.4 Å². The Hall–Kier alpha value is -2.64. The first-order chi connectivity index (χ1) is 15.1. The predicted molar refractivity (Wildman–Crippen MR) is 126 cm³/mol. The molecule has 0 aliphatic heterocycles. The zero-order chi connectivity index (χ0) is 23.4. The third kappa shape index (κ3) is 6.43. The van der Waals surface area contributed by atoms with Crippen LogP contribution in [0, 0.1) is 0 Å². The second kappa shape index (κ2) is 9.88. The molecule has 0 saturated carbocycles. The average Bonchev–Trinajstić information content (AvgIpc) is 2.71. The minimum absolute atomic E-state index is 0.264. The van der Waals surface area contributed by atoms with Crippen LogP contribution >= 0.6 is 15.9 Å². The van der Waals surface area contributed by atoms with Gasteiger partial charge in [0.05, 0.1) is 0 Å². The third-order valence-electron chi connectivity index (χ3n) is 4.90. The number of halogens is 1. The van der Waals surface area contributed by atoms with E-state index in [1.807, 2.05) is 81.5 Å². The smallest absolute Gasteiger partial charge is 0.407 e. The maximum absolute atomic E-state index is 11.9. The van der Waals surface area contributed by atoms with Gasteiger partial charge in [-0.2, -0.15) is 0 Å². The van der Waals surface area contributed by atoms with E-state index in [4.69, 9.17) is 9.47 Å². The zero-order valence-electron chi connectivity index (χ0n) is 18.4. The van der Waals surface area contributed by atoms with Gasteiger partial charge < -0.3 is 19.9 Å². The lowest BCUT2D eigenvalue weighted by Gasteiger charge is -2.34. The van der Waals surface area contributed by atoms with E-state index in [-0.39, 0.29) is 6.42 Å². The van der Waals surface area contributed by atoms with Crippen LogP contribution in [-0.4, -0.2) is 28.9 Å². The normalized spacial score (nSPS) is 18.5. The second-order valence-electron chi connectivity index (χ2n) is 8.75. The van der Waals surface area contributed by atoms with Crippen molar-refractivity contribution in [3.05, 3.63) is 76.9 Å². The highest BCUT2D eigenvalue weighted by Gasteiger charge is 2.38. The summed E-state index contributed by atoms with van der Waals surface area (Å²) in [6.45, 7) is 5.76. The van der Waals surface area contributed by atoms with Crippen LogP contribution in [0.15, 0.2) is 54.6 Å². The number of amides is 1. The van der Waals surface area contributed by atoms with E-state index in [1.165, 1.54) is 0 Å². The summed E-state index contributed by atoms with van der Waals surface area (Å²) in [5, 5.41) is 12.5.